The van der Waals surface area contributed by atoms with Crippen LogP contribution in [0.4, 0.5) is 0 Å². The van der Waals surface area contributed by atoms with Crippen molar-refractivity contribution in [1.29, 1.82) is 0 Å². The Balaban J connectivity index is 1.96. The van der Waals surface area contributed by atoms with Gasteiger partial charge in [0.05, 0.1) is 23.7 Å². The first-order valence-corrected chi connectivity index (χ1v) is 18.4. The van der Waals surface area contributed by atoms with Gasteiger partial charge in [-0.25, -0.2) is 0 Å². The highest BCUT2D eigenvalue weighted by Crippen LogP contribution is 2.47. The summed E-state index contributed by atoms with van der Waals surface area (Å²) in [5, 5.41) is 0.297. The van der Waals surface area contributed by atoms with Crippen LogP contribution < -0.4 is 4.74 Å². The normalized spacial score (nSPS) is 21.9. The van der Waals surface area contributed by atoms with E-state index >= 15 is 0 Å². The maximum absolute atomic E-state index is 6.81. The number of aryl methyl sites for hydroxylation is 1. The van der Waals surface area contributed by atoms with E-state index in [0.717, 1.165) is 90.0 Å². The van der Waals surface area contributed by atoms with Gasteiger partial charge in [-0.2, -0.15) is 0 Å². The lowest BCUT2D eigenvalue weighted by Crippen LogP contribution is -2.55. The highest BCUT2D eigenvalue weighted by Gasteiger charge is 2.48. The van der Waals surface area contributed by atoms with Crippen LogP contribution in [0.5, 0.6) is 5.75 Å². The standard InChI is InChI=1S/C38H60O5S/c1-7-12-22-39-28-34-35(41-23-13-8-2)36(42-24-14-9-3)37(43-25-15-10-4)38(44-34)31-19-16-29(6)32(27-31)26-30-17-20-33(21-18-30)40-11-5/h16-21,27,34-38H,7-15,22-26,28H2,1-6H3/t34-,35-,36+,37-,38+/m1/s1. The molecule has 1 fully saturated rings. The third-order valence-electron chi connectivity index (χ3n) is 8.31. The fraction of sp³-hybridized carbons (Fsp3) is 0.684. The van der Waals surface area contributed by atoms with Crippen molar-refractivity contribution in [3.63, 3.8) is 0 Å². The molecule has 0 bridgehead atoms. The Morgan fingerprint density at radius 3 is 1.86 bits per heavy atom. The second-order valence-corrected chi connectivity index (χ2v) is 13.4. The average molecular weight is 629 g/mol. The number of benzene rings is 2. The Hall–Kier alpha value is -1.57. The molecule has 0 aliphatic carbocycles. The molecule has 5 nitrogen and oxygen atoms in total. The van der Waals surface area contributed by atoms with Crippen LogP contribution in [-0.2, 0) is 25.4 Å². The Bertz CT molecular complexity index is 1030. The van der Waals surface area contributed by atoms with E-state index in [0.29, 0.717) is 13.2 Å². The van der Waals surface area contributed by atoms with E-state index in [-0.39, 0.29) is 28.8 Å². The molecule has 3 rings (SSSR count). The van der Waals surface area contributed by atoms with Gasteiger partial charge < -0.3 is 23.7 Å². The molecule has 248 valence electrons. The van der Waals surface area contributed by atoms with Crippen molar-refractivity contribution in [2.75, 3.05) is 39.6 Å². The lowest BCUT2D eigenvalue weighted by atomic mass is 9.92. The van der Waals surface area contributed by atoms with Gasteiger partial charge in [0, 0.05) is 26.4 Å². The molecule has 0 unspecified atom stereocenters. The fourth-order valence-corrected chi connectivity index (χ4v) is 7.21. The second-order valence-electron chi connectivity index (χ2n) is 12.0. The average Bonchev–Trinajstić information content (AvgIpc) is 3.03. The van der Waals surface area contributed by atoms with Crippen LogP contribution in [0.25, 0.3) is 0 Å². The van der Waals surface area contributed by atoms with Gasteiger partial charge in [-0.15, -0.1) is 11.8 Å². The van der Waals surface area contributed by atoms with Gasteiger partial charge in [0.25, 0.3) is 0 Å². The lowest BCUT2D eigenvalue weighted by Gasteiger charge is -2.46. The first-order valence-electron chi connectivity index (χ1n) is 17.4. The van der Waals surface area contributed by atoms with Gasteiger partial charge in [-0.3, -0.25) is 0 Å². The summed E-state index contributed by atoms with van der Waals surface area (Å²) in [5.74, 6) is 0.921. The van der Waals surface area contributed by atoms with Crippen molar-refractivity contribution in [3.8, 4) is 5.75 Å². The summed E-state index contributed by atoms with van der Waals surface area (Å²) in [6.45, 7) is 17.4. The molecule has 0 radical (unpaired) electrons. The van der Waals surface area contributed by atoms with Crippen LogP contribution in [0.15, 0.2) is 42.5 Å². The topological polar surface area (TPSA) is 46.2 Å². The number of ether oxygens (including phenoxy) is 5. The smallest absolute Gasteiger partial charge is 0.119 e. The monoisotopic (exact) mass is 628 g/mol. The van der Waals surface area contributed by atoms with E-state index in [1.807, 2.05) is 18.7 Å². The van der Waals surface area contributed by atoms with Crippen molar-refractivity contribution in [3.05, 3.63) is 64.7 Å². The maximum atomic E-state index is 6.81. The third kappa shape index (κ3) is 11.7. The Labute approximate surface area is 273 Å². The summed E-state index contributed by atoms with van der Waals surface area (Å²) in [7, 11) is 0. The van der Waals surface area contributed by atoms with Gasteiger partial charge in [0.1, 0.15) is 24.1 Å². The molecule has 1 aliphatic heterocycles. The van der Waals surface area contributed by atoms with Crippen molar-refractivity contribution >= 4 is 11.8 Å². The predicted molar refractivity (Wildman–Crippen MR) is 185 cm³/mol. The molecule has 0 saturated carbocycles. The number of rotatable bonds is 22. The number of hydrogen-bond acceptors (Lipinski definition) is 6. The third-order valence-corrected chi connectivity index (χ3v) is 9.90. The second kappa shape index (κ2) is 21.3. The highest BCUT2D eigenvalue weighted by molar-refractivity contribution is 8.00. The SMILES string of the molecule is CCCCOC[C@H]1S[C@@H](c2ccc(C)c(Cc3ccc(OCC)cc3)c2)[C@H](OCCCC)[C@@H](OCCCC)[C@@H]1OCCCC. The molecule has 0 spiro atoms. The minimum absolute atomic E-state index is 0.0679. The molecule has 0 aromatic heterocycles. The molecule has 44 heavy (non-hydrogen) atoms. The Kier molecular flexibility index (Phi) is 17.8. The van der Waals surface area contributed by atoms with Gasteiger partial charge >= 0.3 is 0 Å². The summed E-state index contributed by atoms with van der Waals surface area (Å²) >= 11 is 1.97. The number of thioether (sulfide) groups is 1. The Morgan fingerprint density at radius 1 is 0.659 bits per heavy atom. The molecule has 2 aromatic carbocycles. The number of hydrogen-bond donors (Lipinski definition) is 0. The van der Waals surface area contributed by atoms with E-state index in [9.17, 15) is 0 Å². The molecular formula is C38H60O5S. The van der Waals surface area contributed by atoms with E-state index in [4.69, 9.17) is 23.7 Å². The molecule has 5 atom stereocenters. The minimum atomic E-state index is -0.142. The van der Waals surface area contributed by atoms with Gasteiger partial charge in [-0.05, 0) is 80.3 Å². The zero-order chi connectivity index (χ0) is 31.6. The highest BCUT2D eigenvalue weighted by atomic mass is 32.2. The summed E-state index contributed by atoms with van der Waals surface area (Å²) < 4.78 is 32.2. The van der Waals surface area contributed by atoms with Gasteiger partial charge in [-0.1, -0.05) is 83.7 Å². The maximum Gasteiger partial charge on any atom is 0.119 e. The summed E-state index contributed by atoms with van der Waals surface area (Å²) in [6, 6.07) is 15.5. The van der Waals surface area contributed by atoms with E-state index in [1.165, 1.54) is 22.3 Å². The summed E-state index contributed by atoms with van der Waals surface area (Å²) in [6.07, 6.45) is 9.22. The lowest BCUT2D eigenvalue weighted by molar-refractivity contribution is -0.149. The number of unbranched alkanes of at least 4 members (excludes halogenated alkanes) is 4. The molecule has 1 aliphatic rings. The quantitative estimate of drug-likeness (QED) is 0.121. The van der Waals surface area contributed by atoms with Crippen LogP contribution in [-0.4, -0.2) is 63.2 Å². The summed E-state index contributed by atoms with van der Waals surface area (Å²) in [4.78, 5) is 0. The molecule has 1 saturated heterocycles. The van der Waals surface area contributed by atoms with Crippen LogP contribution in [0, 0.1) is 6.92 Å². The van der Waals surface area contributed by atoms with Crippen molar-refractivity contribution < 1.29 is 23.7 Å². The van der Waals surface area contributed by atoms with E-state index in [1.54, 1.807) is 0 Å². The molecular weight excluding hydrogens is 568 g/mol. The van der Waals surface area contributed by atoms with Crippen LogP contribution in [0.1, 0.15) is 113 Å². The molecule has 2 aromatic rings. The zero-order valence-corrected chi connectivity index (χ0v) is 29.3. The van der Waals surface area contributed by atoms with Crippen LogP contribution in [0.3, 0.4) is 0 Å². The zero-order valence-electron chi connectivity index (χ0n) is 28.5. The minimum Gasteiger partial charge on any atom is -0.494 e. The van der Waals surface area contributed by atoms with Gasteiger partial charge in [0.15, 0.2) is 0 Å². The summed E-state index contributed by atoms with van der Waals surface area (Å²) in [5.41, 5.74) is 5.24. The van der Waals surface area contributed by atoms with Crippen molar-refractivity contribution in [1.82, 2.24) is 0 Å². The first kappa shape index (κ1) is 36.9. The van der Waals surface area contributed by atoms with Gasteiger partial charge in [0.2, 0.25) is 0 Å². The first-order chi connectivity index (χ1) is 21.6. The van der Waals surface area contributed by atoms with Crippen LogP contribution in [0.2, 0.25) is 0 Å². The van der Waals surface area contributed by atoms with Crippen molar-refractivity contribution in [2.45, 2.75) is 128 Å². The van der Waals surface area contributed by atoms with E-state index in [2.05, 4.69) is 77.1 Å². The van der Waals surface area contributed by atoms with Crippen molar-refractivity contribution in [2.24, 2.45) is 0 Å². The Morgan fingerprint density at radius 2 is 1.25 bits per heavy atom. The molecule has 0 N–H and O–H groups in total. The van der Waals surface area contributed by atoms with E-state index < -0.39 is 0 Å². The fourth-order valence-electron chi connectivity index (χ4n) is 5.58. The molecule has 1 heterocycles. The largest absolute Gasteiger partial charge is 0.494 e. The van der Waals surface area contributed by atoms with Crippen LogP contribution >= 0.6 is 11.8 Å². The predicted octanol–water partition coefficient (Wildman–Crippen LogP) is 9.51. The molecule has 0 amide bonds. The molecule has 6 heteroatoms.